The average Bonchev–Trinajstić information content (AvgIpc) is 2.94. The average molecular weight is 457 g/mol. The van der Waals surface area contributed by atoms with Crippen molar-refractivity contribution in [1.29, 1.82) is 0 Å². The highest BCUT2D eigenvalue weighted by Gasteiger charge is 2.26. The summed E-state index contributed by atoms with van der Waals surface area (Å²) < 4.78 is 0. The Balaban J connectivity index is 1.69. The zero-order valence-corrected chi connectivity index (χ0v) is 19.7. The maximum atomic E-state index is 13.8. The van der Waals surface area contributed by atoms with Gasteiger partial charge in [-0.3, -0.25) is 4.79 Å². The summed E-state index contributed by atoms with van der Waals surface area (Å²) in [6, 6.07) is 49.5. The van der Waals surface area contributed by atoms with E-state index in [-0.39, 0.29) is 5.78 Å². The smallest absolute Gasteiger partial charge is 0.186 e. The molecule has 0 aliphatic carbocycles. The first-order valence-electron chi connectivity index (χ1n) is 11.4. The highest BCUT2D eigenvalue weighted by Crippen LogP contribution is 2.43. The Kier molecular flexibility index (Phi) is 6.38. The Morgan fingerprint density at radius 1 is 0.441 bits per heavy atom. The van der Waals surface area contributed by atoms with Crippen LogP contribution in [-0.4, -0.2) is 11.6 Å². The molecule has 1 nitrogen and oxygen atoms in total. The molecule has 0 fully saturated rings. The van der Waals surface area contributed by atoms with E-state index < -0.39 is 6.89 Å². The summed E-state index contributed by atoms with van der Waals surface area (Å²) in [5.74, 6) is 2.04. The van der Waals surface area contributed by atoms with Gasteiger partial charge in [-0.15, -0.1) is 0 Å². The van der Waals surface area contributed by atoms with Gasteiger partial charge in [0, 0.05) is 5.56 Å². The first kappa shape index (κ1) is 21.9. The van der Waals surface area contributed by atoms with E-state index in [4.69, 9.17) is 0 Å². The standard InChI is InChI=1S/C32H25OP/c33-32(28-23-21-27(22-24-28)26-13-5-1-6-14-26)25-34(29-15-7-2-8-16-29,30-17-9-3-10-18-30)31-19-11-4-12-20-31/h1-25H. The van der Waals surface area contributed by atoms with Crippen molar-refractivity contribution in [3.8, 4) is 11.1 Å². The Morgan fingerprint density at radius 3 is 1.21 bits per heavy atom. The van der Waals surface area contributed by atoms with E-state index in [9.17, 15) is 4.79 Å². The summed E-state index contributed by atoms with van der Waals surface area (Å²) >= 11 is 0. The van der Waals surface area contributed by atoms with Gasteiger partial charge in [0.2, 0.25) is 0 Å². The van der Waals surface area contributed by atoms with Crippen LogP contribution in [0.4, 0.5) is 0 Å². The molecule has 34 heavy (non-hydrogen) atoms. The molecular formula is C32H25OP. The van der Waals surface area contributed by atoms with E-state index in [1.807, 2.05) is 66.5 Å². The molecule has 0 N–H and O–H groups in total. The second-order valence-electron chi connectivity index (χ2n) is 8.17. The summed E-state index contributed by atoms with van der Waals surface area (Å²) in [6.45, 7) is -2.32. The molecule has 0 bridgehead atoms. The van der Waals surface area contributed by atoms with Gasteiger partial charge in [-0.1, -0.05) is 146 Å². The van der Waals surface area contributed by atoms with Gasteiger partial charge in [-0.25, -0.2) is 0 Å². The van der Waals surface area contributed by atoms with Crippen molar-refractivity contribution >= 4 is 34.4 Å². The number of benzene rings is 5. The lowest BCUT2D eigenvalue weighted by molar-refractivity contribution is 0.107. The van der Waals surface area contributed by atoms with Crippen molar-refractivity contribution in [2.24, 2.45) is 0 Å². The molecule has 0 atom stereocenters. The monoisotopic (exact) mass is 456 g/mol. The van der Waals surface area contributed by atoms with E-state index in [0.29, 0.717) is 5.56 Å². The molecule has 5 aromatic rings. The summed E-state index contributed by atoms with van der Waals surface area (Å²) in [7, 11) is 0. The Labute approximate surface area is 201 Å². The lowest BCUT2D eigenvalue weighted by Crippen LogP contribution is -2.28. The molecule has 5 rings (SSSR count). The number of Topliss-reactive ketones (excluding diaryl/α,β-unsaturated/α-hetero) is 1. The second-order valence-corrected chi connectivity index (χ2v) is 11.4. The van der Waals surface area contributed by atoms with Gasteiger partial charge in [0.1, 0.15) is 0 Å². The van der Waals surface area contributed by atoms with Gasteiger partial charge in [0.25, 0.3) is 0 Å². The number of carbonyl (C=O) groups is 1. The molecule has 0 saturated heterocycles. The fourth-order valence-corrected chi connectivity index (χ4v) is 8.14. The zero-order valence-electron chi connectivity index (χ0n) is 18.8. The van der Waals surface area contributed by atoms with Crippen molar-refractivity contribution in [3.63, 3.8) is 0 Å². The molecule has 0 amide bonds. The largest absolute Gasteiger partial charge is 0.289 e. The molecule has 0 heterocycles. The van der Waals surface area contributed by atoms with Crippen LogP contribution >= 0.6 is 6.89 Å². The zero-order chi connectivity index (χ0) is 23.2. The fourth-order valence-electron chi connectivity index (χ4n) is 4.37. The minimum Gasteiger partial charge on any atom is -0.289 e. The molecule has 0 aliphatic heterocycles. The molecule has 0 saturated carbocycles. The predicted octanol–water partition coefficient (Wildman–Crippen LogP) is 6.33. The maximum Gasteiger partial charge on any atom is 0.186 e. The van der Waals surface area contributed by atoms with E-state index in [1.165, 1.54) is 15.9 Å². The minimum atomic E-state index is -2.32. The Bertz CT molecular complexity index is 1320. The van der Waals surface area contributed by atoms with Crippen LogP contribution in [0.5, 0.6) is 0 Å². The van der Waals surface area contributed by atoms with Gasteiger partial charge in [0.05, 0.1) is 0 Å². The highest BCUT2D eigenvalue weighted by atomic mass is 31.2. The molecule has 164 valence electrons. The summed E-state index contributed by atoms with van der Waals surface area (Å²) in [5, 5.41) is 3.50. The summed E-state index contributed by atoms with van der Waals surface area (Å²) in [6.07, 6.45) is 0. The first-order chi connectivity index (χ1) is 16.8. The van der Waals surface area contributed by atoms with Crippen LogP contribution in [0.2, 0.25) is 0 Å². The molecule has 0 radical (unpaired) electrons. The lowest BCUT2D eigenvalue weighted by Gasteiger charge is -2.28. The maximum absolute atomic E-state index is 13.8. The van der Waals surface area contributed by atoms with Gasteiger partial charge >= 0.3 is 0 Å². The highest BCUT2D eigenvalue weighted by molar-refractivity contribution is 7.95. The van der Waals surface area contributed by atoms with Crippen LogP contribution in [0.25, 0.3) is 11.1 Å². The third kappa shape index (κ3) is 4.31. The normalized spacial score (nSPS) is 11.1. The van der Waals surface area contributed by atoms with E-state index in [2.05, 4.69) is 84.9 Å². The molecular weight excluding hydrogens is 431 g/mol. The molecule has 0 spiro atoms. The van der Waals surface area contributed by atoms with Crippen LogP contribution in [0.1, 0.15) is 10.4 Å². The quantitative estimate of drug-likeness (QED) is 0.215. The van der Waals surface area contributed by atoms with Crippen molar-refractivity contribution < 1.29 is 4.79 Å². The van der Waals surface area contributed by atoms with Gasteiger partial charge in [0.15, 0.2) is 5.78 Å². The molecule has 5 aromatic carbocycles. The van der Waals surface area contributed by atoms with Crippen molar-refractivity contribution in [2.45, 2.75) is 0 Å². The van der Waals surface area contributed by atoms with Crippen LogP contribution in [0, 0.1) is 0 Å². The third-order valence-electron chi connectivity index (χ3n) is 6.08. The third-order valence-corrected chi connectivity index (χ3v) is 10.0. The predicted molar refractivity (Wildman–Crippen MR) is 147 cm³/mol. The molecule has 2 heteroatoms. The lowest BCUT2D eigenvalue weighted by atomic mass is 10.0. The van der Waals surface area contributed by atoms with Crippen molar-refractivity contribution in [2.75, 3.05) is 0 Å². The Hall–Kier alpha value is -3.93. The van der Waals surface area contributed by atoms with Crippen molar-refractivity contribution in [1.82, 2.24) is 0 Å². The van der Waals surface area contributed by atoms with Gasteiger partial charge < -0.3 is 0 Å². The van der Waals surface area contributed by atoms with E-state index in [1.54, 1.807) is 0 Å². The summed E-state index contributed by atoms with van der Waals surface area (Å²) in [4.78, 5) is 13.8. The van der Waals surface area contributed by atoms with Gasteiger partial charge in [-0.2, -0.15) is 0 Å². The number of carbonyl (C=O) groups excluding carboxylic acids is 1. The summed E-state index contributed by atoms with van der Waals surface area (Å²) in [5.41, 5.74) is 2.95. The van der Waals surface area contributed by atoms with E-state index in [0.717, 1.165) is 11.1 Å². The fraction of sp³-hybridized carbons (Fsp3) is 0. The number of ketones is 1. The number of hydrogen-bond donors (Lipinski definition) is 0. The van der Waals surface area contributed by atoms with Crippen LogP contribution in [0.15, 0.2) is 146 Å². The van der Waals surface area contributed by atoms with Crippen LogP contribution < -0.4 is 15.9 Å². The topological polar surface area (TPSA) is 17.1 Å². The Morgan fingerprint density at radius 2 is 0.794 bits per heavy atom. The van der Waals surface area contributed by atoms with Crippen molar-refractivity contribution in [3.05, 3.63) is 151 Å². The SMILES string of the molecule is O=C(C=P(c1ccccc1)(c1ccccc1)c1ccccc1)c1ccc(-c2ccccc2)cc1. The molecule has 0 aromatic heterocycles. The molecule has 0 unspecified atom stereocenters. The minimum absolute atomic E-state index is 0.0458. The number of rotatable bonds is 6. The van der Waals surface area contributed by atoms with Crippen LogP contribution in [0.3, 0.4) is 0 Å². The molecule has 0 aliphatic rings. The number of hydrogen-bond acceptors (Lipinski definition) is 1. The van der Waals surface area contributed by atoms with Crippen LogP contribution in [-0.2, 0) is 0 Å². The second kappa shape index (κ2) is 9.91. The van der Waals surface area contributed by atoms with E-state index >= 15 is 0 Å². The van der Waals surface area contributed by atoms with Gasteiger partial charge in [-0.05, 0) is 39.7 Å². The first-order valence-corrected chi connectivity index (χ1v) is 13.2.